The van der Waals surface area contributed by atoms with E-state index in [0.717, 1.165) is 16.1 Å². The molecule has 2 rings (SSSR count). The van der Waals surface area contributed by atoms with Crippen molar-refractivity contribution in [2.24, 2.45) is 0 Å². The Kier molecular flexibility index (Phi) is 8.95. The minimum Gasteiger partial charge on any atom is -0.207 e. The maximum Gasteiger partial charge on any atom is 0.123 e. The molecule has 0 bridgehead atoms. The first-order valence-corrected chi connectivity index (χ1v) is 6.40. The number of aryl methyl sites for hydroxylation is 2. The van der Waals surface area contributed by atoms with Gasteiger partial charge in [-0.2, -0.15) is 0 Å². The molecule has 0 spiro atoms. The van der Waals surface area contributed by atoms with Crippen LogP contribution in [-0.4, -0.2) is 0 Å². The van der Waals surface area contributed by atoms with Crippen LogP contribution in [0.25, 0.3) is 0 Å². The molecule has 0 aliphatic heterocycles. The third-order valence-corrected chi connectivity index (χ3v) is 2.51. The van der Waals surface area contributed by atoms with Gasteiger partial charge in [-0.05, 0) is 37.6 Å². The summed E-state index contributed by atoms with van der Waals surface area (Å²) in [5.41, 5.74) is 2.22. The summed E-state index contributed by atoms with van der Waals surface area (Å²) in [5, 5.41) is 0.840. The SMILES string of the molecule is CC.Cc1ccc(F)cc1.Cc1ccccc1Cl. The van der Waals surface area contributed by atoms with Crippen LogP contribution in [-0.2, 0) is 0 Å². The average Bonchev–Trinajstić information content (AvgIpc) is 2.40. The lowest BCUT2D eigenvalue weighted by Gasteiger charge is -1.90. The summed E-state index contributed by atoms with van der Waals surface area (Å²) in [4.78, 5) is 0. The zero-order valence-corrected chi connectivity index (χ0v) is 12.1. The maximum absolute atomic E-state index is 12.1. The molecule has 0 radical (unpaired) electrons. The number of rotatable bonds is 0. The van der Waals surface area contributed by atoms with Gasteiger partial charge in [0.15, 0.2) is 0 Å². The Balaban J connectivity index is 0.000000283. The molecule has 2 heteroatoms. The predicted molar refractivity (Wildman–Crippen MR) is 78.7 cm³/mol. The standard InChI is InChI=1S/C7H7Cl.C7H7F.C2H6/c1-6-4-2-3-5-7(6)8;1-6-2-4-7(8)5-3-6;1-2/h2*2-5H,1H3;1-2H3. The van der Waals surface area contributed by atoms with E-state index in [0.29, 0.717) is 0 Å². The molecule has 0 fully saturated rings. The van der Waals surface area contributed by atoms with Gasteiger partial charge in [0.2, 0.25) is 0 Å². The topological polar surface area (TPSA) is 0 Å². The summed E-state index contributed by atoms with van der Waals surface area (Å²) in [6, 6.07) is 14.2. The van der Waals surface area contributed by atoms with Gasteiger partial charge in [-0.15, -0.1) is 0 Å². The zero-order chi connectivity index (χ0) is 14.0. The molecule has 0 aliphatic carbocycles. The van der Waals surface area contributed by atoms with Crippen molar-refractivity contribution >= 4 is 11.6 Å². The Bertz CT molecular complexity index is 393. The van der Waals surface area contributed by atoms with E-state index in [1.807, 2.05) is 52.0 Å². The van der Waals surface area contributed by atoms with E-state index >= 15 is 0 Å². The lowest BCUT2D eigenvalue weighted by atomic mass is 10.2. The van der Waals surface area contributed by atoms with E-state index in [1.54, 1.807) is 12.1 Å². The van der Waals surface area contributed by atoms with Gasteiger partial charge in [0.25, 0.3) is 0 Å². The molecule has 0 heterocycles. The second-order valence-corrected chi connectivity index (χ2v) is 3.95. The van der Waals surface area contributed by atoms with Gasteiger partial charge in [-0.1, -0.05) is 61.3 Å². The molecule has 18 heavy (non-hydrogen) atoms. The largest absolute Gasteiger partial charge is 0.207 e. The van der Waals surface area contributed by atoms with Gasteiger partial charge in [0.05, 0.1) is 0 Å². The van der Waals surface area contributed by atoms with Gasteiger partial charge in [0, 0.05) is 5.02 Å². The van der Waals surface area contributed by atoms with E-state index in [4.69, 9.17) is 11.6 Å². The predicted octanol–water partition coefficient (Wildman–Crippen LogP) is 5.81. The monoisotopic (exact) mass is 266 g/mol. The summed E-state index contributed by atoms with van der Waals surface area (Å²) in [6.45, 7) is 7.92. The Morgan fingerprint density at radius 3 is 1.67 bits per heavy atom. The van der Waals surface area contributed by atoms with Crippen LogP contribution in [0.1, 0.15) is 25.0 Å². The number of halogens is 2. The molecule has 0 N–H and O–H groups in total. The van der Waals surface area contributed by atoms with Crippen LogP contribution < -0.4 is 0 Å². The Morgan fingerprint density at radius 1 is 0.833 bits per heavy atom. The Labute approximate surface area is 114 Å². The normalized spacial score (nSPS) is 8.56. The minimum absolute atomic E-state index is 0.171. The smallest absolute Gasteiger partial charge is 0.123 e. The highest BCUT2D eigenvalue weighted by atomic mass is 35.5. The van der Waals surface area contributed by atoms with Gasteiger partial charge >= 0.3 is 0 Å². The third kappa shape index (κ3) is 7.08. The maximum atomic E-state index is 12.1. The molecular formula is C16H20ClF. The Hall–Kier alpha value is -1.34. The first kappa shape index (κ1) is 16.7. The van der Waals surface area contributed by atoms with E-state index in [9.17, 15) is 4.39 Å². The molecule has 0 amide bonds. The fraction of sp³-hybridized carbons (Fsp3) is 0.250. The third-order valence-electron chi connectivity index (χ3n) is 2.09. The molecule has 0 atom stereocenters. The van der Waals surface area contributed by atoms with Crippen LogP contribution in [0.5, 0.6) is 0 Å². The molecule has 0 unspecified atom stereocenters. The van der Waals surface area contributed by atoms with Crippen LogP contribution in [0.2, 0.25) is 5.02 Å². The van der Waals surface area contributed by atoms with E-state index in [1.165, 1.54) is 12.1 Å². The van der Waals surface area contributed by atoms with Crippen molar-refractivity contribution in [2.45, 2.75) is 27.7 Å². The number of hydrogen-bond acceptors (Lipinski definition) is 0. The highest BCUT2D eigenvalue weighted by Gasteiger charge is 1.86. The van der Waals surface area contributed by atoms with Crippen LogP contribution >= 0.6 is 11.6 Å². The first-order valence-electron chi connectivity index (χ1n) is 6.03. The summed E-state index contributed by atoms with van der Waals surface area (Å²) in [5.74, 6) is -0.171. The molecule has 0 nitrogen and oxygen atoms in total. The number of benzene rings is 2. The van der Waals surface area contributed by atoms with E-state index in [-0.39, 0.29) is 5.82 Å². The van der Waals surface area contributed by atoms with E-state index in [2.05, 4.69) is 0 Å². The Morgan fingerprint density at radius 2 is 1.33 bits per heavy atom. The van der Waals surface area contributed by atoms with Crippen molar-refractivity contribution in [2.75, 3.05) is 0 Å². The fourth-order valence-electron chi connectivity index (χ4n) is 1.08. The molecule has 2 aromatic rings. The second-order valence-electron chi connectivity index (χ2n) is 3.54. The van der Waals surface area contributed by atoms with Gasteiger partial charge in [-0.25, -0.2) is 4.39 Å². The van der Waals surface area contributed by atoms with Crippen molar-refractivity contribution in [1.29, 1.82) is 0 Å². The van der Waals surface area contributed by atoms with Crippen molar-refractivity contribution in [3.63, 3.8) is 0 Å². The quantitative estimate of drug-likeness (QED) is 0.564. The molecule has 0 saturated heterocycles. The summed E-state index contributed by atoms with van der Waals surface area (Å²) in [7, 11) is 0. The van der Waals surface area contributed by atoms with Gasteiger partial charge in [0.1, 0.15) is 5.82 Å². The van der Waals surface area contributed by atoms with E-state index < -0.39 is 0 Å². The summed E-state index contributed by atoms with van der Waals surface area (Å²) < 4.78 is 12.1. The fourth-order valence-corrected chi connectivity index (χ4v) is 1.22. The van der Waals surface area contributed by atoms with Crippen molar-refractivity contribution in [1.82, 2.24) is 0 Å². The van der Waals surface area contributed by atoms with Gasteiger partial charge < -0.3 is 0 Å². The minimum atomic E-state index is -0.171. The molecule has 0 aromatic heterocycles. The second kappa shape index (κ2) is 9.67. The van der Waals surface area contributed by atoms with Crippen LogP contribution in [0.15, 0.2) is 48.5 Å². The van der Waals surface area contributed by atoms with Crippen LogP contribution in [0.3, 0.4) is 0 Å². The molecule has 0 aliphatic rings. The number of hydrogen-bond donors (Lipinski definition) is 0. The highest BCUT2D eigenvalue weighted by Crippen LogP contribution is 2.11. The highest BCUT2D eigenvalue weighted by molar-refractivity contribution is 6.31. The summed E-state index contributed by atoms with van der Waals surface area (Å²) in [6.07, 6.45) is 0. The molecule has 98 valence electrons. The van der Waals surface area contributed by atoms with Crippen molar-refractivity contribution < 1.29 is 4.39 Å². The van der Waals surface area contributed by atoms with Gasteiger partial charge in [-0.3, -0.25) is 0 Å². The van der Waals surface area contributed by atoms with Crippen LogP contribution in [0.4, 0.5) is 4.39 Å². The van der Waals surface area contributed by atoms with Crippen molar-refractivity contribution in [3.05, 3.63) is 70.5 Å². The summed E-state index contributed by atoms with van der Waals surface area (Å²) >= 11 is 5.71. The van der Waals surface area contributed by atoms with Crippen LogP contribution in [0, 0.1) is 19.7 Å². The molecule has 0 saturated carbocycles. The van der Waals surface area contributed by atoms with Crippen molar-refractivity contribution in [3.8, 4) is 0 Å². The first-order chi connectivity index (χ1) is 8.59. The lowest BCUT2D eigenvalue weighted by Crippen LogP contribution is -1.71. The molecular weight excluding hydrogens is 247 g/mol. The lowest BCUT2D eigenvalue weighted by molar-refractivity contribution is 0.627. The average molecular weight is 267 g/mol. The zero-order valence-electron chi connectivity index (χ0n) is 11.4. The molecule has 2 aromatic carbocycles.